The number of imide groups is 1. The van der Waals surface area contributed by atoms with E-state index < -0.39 is 23.8 Å². The molecule has 2 aliphatic heterocycles. The van der Waals surface area contributed by atoms with Gasteiger partial charge in [0, 0.05) is 5.56 Å². The predicted octanol–water partition coefficient (Wildman–Crippen LogP) is 1.62. The van der Waals surface area contributed by atoms with Crippen molar-refractivity contribution in [3.05, 3.63) is 70.8 Å². The van der Waals surface area contributed by atoms with Gasteiger partial charge in [0.15, 0.2) is 0 Å². The van der Waals surface area contributed by atoms with Crippen LogP contribution < -0.4 is 5.32 Å². The van der Waals surface area contributed by atoms with Gasteiger partial charge in [-0.25, -0.2) is 4.79 Å². The van der Waals surface area contributed by atoms with Gasteiger partial charge in [0.25, 0.3) is 17.7 Å². The normalized spacial score (nSPS) is 18.0. The van der Waals surface area contributed by atoms with E-state index in [0.29, 0.717) is 16.2 Å². The number of rotatable bonds is 3. The van der Waals surface area contributed by atoms with E-state index in [4.69, 9.17) is 4.84 Å². The zero-order valence-electron chi connectivity index (χ0n) is 12.9. The number of hydroxylamine groups is 2. The van der Waals surface area contributed by atoms with Crippen molar-refractivity contribution in [3.63, 3.8) is 0 Å². The molecule has 0 fully saturated rings. The Bertz CT molecular complexity index is 902. The Morgan fingerprint density at radius 2 is 1.48 bits per heavy atom. The summed E-state index contributed by atoms with van der Waals surface area (Å²) >= 11 is 0. The number of amides is 3. The molecule has 1 unspecified atom stereocenters. The highest BCUT2D eigenvalue weighted by Gasteiger charge is 2.39. The maximum Gasteiger partial charge on any atom is 0.335 e. The first-order valence-corrected chi connectivity index (χ1v) is 7.64. The minimum absolute atomic E-state index is 0.184. The predicted molar refractivity (Wildman–Crippen MR) is 84.3 cm³/mol. The molecule has 0 aliphatic carbocycles. The molecule has 1 atom stereocenters. The van der Waals surface area contributed by atoms with Crippen LogP contribution in [0.15, 0.2) is 48.5 Å². The smallest absolute Gasteiger partial charge is 0.335 e. The SMILES string of the molecule is O=C(CC1NC(=O)c2ccccc21)ON1C(=O)c2ccccc2C1=O. The van der Waals surface area contributed by atoms with E-state index in [1.54, 1.807) is 36.4 Å². The molecule has 0 spiro atoms. The molecule has 1 N–H and O–H groups in total. The summed E-state index contributed by atoms with van der Waals surface area (Å²) in [5.41, 5.74) is 1.58. The van der Waals surface area contributed by atoms with Crippen molar-refractivity contribution in [2.75, 3.05) is 0 Å². The highest BCUT2D eigenvalue weighted by atomic mass is 16.7. The third-order valence-electron chi connectivity index (χ3n) is 4.21. The quantitative estimate of drug-likeness (QED) is 0.860. The lowest BCUT2D eigenvalue weighted by atomic mass is 10.0. The summed E-state index contributed by atoms with van der Waals surface area (Å²) in [7, 11) is 0. The fraction of sp³-hybridized carbons (Fsp3) is 0.111. The largest absolute Gasteiger partial charge is 0.345 e. The monoisotopic (exact) mass is 336 g/mol. The highest BCUT2D eigenvalue weighted by Crippen LogP contribution is 2.29. The molecule has 7 nitrogen and oxygen atoms in total. The molecule has 0 saturated carbocycles. The maximum atomic E-state index is 12.2. The number of benzene rings is 2. The van der Waals surface area contributed by atoms with E-state index in [1.807, 2.05) is 0 Å². The van der Waals surface area contributed by atoms with Crippen LogP contribution in [0.3, 0.4) is 0 Å². The summed E-state index contributed by atoms with van der Waals surface area (Å²) in [5, 5.41) is 3.15. The van der Waals surface area contributed by atoms with Crippen LogP contribution >= 0.6 is 0 Å². The summed E-state index contributed by atoms with van der Waals surface area (Å²) in [6.45, 7) is 0. The maximum absolute atomic E-state index is 12.2. The van der Waals surface area contributed by atoms with E-state index in [1.165, 1.54) is 12.1 Å². The third kappa shape index (κ3) is 2.37. The molecule has 2 aliphatic rings. The fourth-order valence-electron chi connectivity index (χ4n) is 3.04. The Kier molecular flexibility index (Phi) is 3.35. The van der Waals surface area contributed by atoms with Crippen LogP contribution in [0.4, 0.5) is 0 Å². The Balaban J connectivity index is 1.49. The van der Waals surface area contributed by atoms with Gasteiger partial charge in [-0.2, -0.15) is 0 Å². The lowest BCUT2D eigenvalue weighted by Crippen LogP contribution is -2.34. The number of hydrogen-bond donors (Lipinski definition) is 1. The average Bonchev–Trinajstić information content (AvgIpc) is 3.06. The topological polar surface area (TPSA) is 92.8 Å². The number of nitrogens with zero attached hydrogens (tertiary/aromatic N) is 1. The van der Waals surface area contributed by atoms with Gasteiger partial charge in [0.05, 0.1) is 23.6 Å². The van der Waals surface area contributed by atoms with Gasteiger partial charge in [0.2, 0.25) is 0 Å². The van der Waals surface area contributed by atoms with Crippen LogP contribution in [-0.2, 0) is 9.63 Å². The van der Waals surface area contributed by atoms with Gasteiger partial charge < -0.3 is 10.2 Å². The number of nitrogens with one attached hydrogen (secondary N) is 1. The molecular weight excluding hydrogens is 324 g/mol. The lowest BCUT2D eigenvalue weighted by Gasteiger charge is -2.15. The second-order valence-electron chi connectivity index (χ2n) is 5.73. The van der Waals surface area contributed by atoms with Gasteiger partial charge in [0.1, 0.15) is 0 Å². The van der Waals surface area contributed by atoms with E-state index in [-0.39, 0.29) is 23.5 Å². The molecule has 2 heterocycles. The Morgan fingerprint density at radius 1 is 0.920 bits per heavy atom. The van der Waals surface area contributed by atoms with E-state index in [9.17, 15) is 19.2 Å². The van der Waals surface area contributed by atoms with Crippen molar-refractivity contribution in [1.29, 1.82) is 0 Å². The standard InChI is InChI=1S/C18H12N2O5/c21-15(9-14-10-5-1-2-6-11(10)16(22)19-14)25-20-17(23)12-7-3-4-8-13(12)18(20)24/h1-8,14H,9H2,(H,19,22). The van der Waals surface area contributed by atoms with Gasteiger partial charge >= 0.3 is 5.97 Å². The fourth-order valence-corrected chi connectivity index (χ4v) is 3.04. The molecule has 2 aromatic carbocycles. The average molecular weight is 336 g/mol. The Hall–Kier alpha value is -3.48. The molecule has 2 aromatic rings. The second-order valence-corrected chi connectivity index (χ2v) is 5.73. The van der Waals surface area contributed by atoms with E-state index in [0.717, 1.165) is 0 Å². The van der Waals surface area contributed by atoms with Gasteiger partial charge in [-0.15, -0.1) is 0 Å². The number of fused-ring (bicyclic) bond motifs is 2. The molecule has 0 radical (unpaired) electrons. The van der Waals surface area contributed by atoms with E-state index in [2.05, 4.69) is 5.32 Å². The Labute approximate surface area is 142 Å². The molecule has 4 rings (SSSR count). The van der Waals surface area contributed by atoms with Crippen molar-refractivity contribution in [1.82, 2.24) is 10.4 Å². The van der Waals surface area contributed by atoms with Gasteiger partial charge in [-0.3, -0.25) is 14.4 Å². The lowest BCUT2D eigenvalue weighted by molar-refractivity contribution is -0.169. The van der Waals surface area contributed by atoms with Crippen LogP contribution in [0, 0.1) is 0 Å². The van der Waals surface area contributed by atoms with Crippen molar-refractivity contribution < 1.29 is 24.0 Å². The summed E-state index contributed by atoms with van der Waals surface area (Å²) in [5.74, 6) is -2.40. The zero-order valence-corrected chi connectivity index (χ0v) is 12.9. The van der Waals surface area contributed by atoms with Crippen molar-refractivity contribution in [3.8, 4) is 0 Å². The highest BCUT2D eigenvalue weighted by molar-refractivity contribution is 6.20. The molecule has 3 amide bonds. The minimum atomic E-state index is -0.781. The van der Waals surface area contributed by atoms with Crippen molar-refractivity contribution in [2.45, 2.75) is 12.5 Å². The minimum Gasteiger partial charge on any atom is -0.345 e. The number of carbonyl (C=O) groups is 4. The first-order chi connectivity index (χ1) is 12.1. The third-order valence-corrected chi connectivity index (χ3v) is 4.21. The molecular formula is C18H12N2O5. The van der Waals surface area contributed by atoms with E-state index >= 15 is 0 Å². The molecule has 0 bridgehead atoms. The van der Waals surface area contributed by atoms with Gasteiger partial charge in [-0.05, 0) is 23.8 Å². The van der Waals surface area contributed by atoms with Crippen LogP contribution in [0.5, 0.6) is 0 Å². The van der Waals surface area contributed by atoms with Crippen molar-refractivity contribution >= 4 is 23.7 Å². The van der Waals surface area contributed by atoms with Crippen LogP contribution in [0.25, 0.3) is 0 Å². The molecule has 25 heavy (non-hydrogen) atoms. The summed E-state index contributed by atoms with van der Waals surface area (Å²) < 4.78 is 0. The van der Waals surface area contributed by atoms with Crippen LogP contribution in [0.1, 0.15) is 49.1 Å². The summed E-state index contributed by atoms with van der Waals surface area (Å²) in [6, 6.07) is 12.6. The van der Waals surface area contributed by atoms with Crippen LogP contribution in [-0.4, -0.2) is 28.8 Å². The molecule has 7 heteroatoms. The molecule has 0 aromatic heterocycles. The molecule has 124 valence electrons. The number of hydrogen-bond acceptors (Lipinski definition) is 5. The molecule has 0 saturated heterocycles. The van der Waals surface area contributed by atoms with Crippen molar-refractivity contribution in [2.24, 2.45) is 0 Å². The zero-order chi connectivity index (χ0) is 17.6. The first-order valence-electron chi connectivity index (χ1n) is 7.64. The summed E-state index contributed by atoms with van der Waals surface area (Å²) in [4.78, 5) is 53.4. The number of carbonyl (C=O) groups excluding carboxylic acids is 4. The van der Waals surface area contributed by atoms with Crippen LogP contribution in [0.2, 0.25) is 0 Å². The summed E-state index contributed by atoms with van der Waals surface area (Å²) in [6.07, 6.45) is -0.184. The Morgan fingerprint density at radius 3 is 2.12 bits per heavy atom. The van der Waals surface area contributed by atoms with Gasteiger partial charge in [-0.1, -0.05) is 35.4 Å². The second kappa shape index (κ2) is 5.55. The first kappa shape index (κ1) is 15.1.